The lowest BCUT2D eigenvalue weighted by molar-refractivity contribution is -0.384. The average Bonchev–Trinajstić information content (AvgIpc) is 2.36. The molecule has 0 aliphatic heterocycles. The molecular weight excluding hydrogens is 246 g/mol. The van der Waals surface area contributed by atoms with Gasteiger partial charge in [-0.15, -0.1) is 0 Å². The highest BCUT2D eigenvalue weighted by atomic mass is 19.3. The first-order chi connectivity index (χ1) is 8.35. The minimum absolute atomic E-state index is 0.0494. The number of non-ortho nitro benzene ring substituents is 1. The van der Waals surface area contributed by atoms with Crippen LogP contribution in [0.5, 0.6) is 0 Å². The Balaban J connectivity index is 2.62. The second-order valence-corrected chi connectivity index (χ2v) is 3.97. The van der Waals surface area contributed by atoms with Gasteiger partial charge in [0.25, 0.3) is 11.6 Å². The summed E-state index contributed by atoms with van der Waals surface area (Å²) >= 11 is 0. The standard InChI is InChI=1S/C11H14F2N2O3/c1-8(14-6-11(12,13)7-16)9-2-4-10(5-3-9)15(17)18/h2-5,8,14,16H,6-7H2,1H3. The van der Waals surface area contributed by atoms with E-state index in [1.807, 2.05) is 0 Å². The van der Waals surface area contributed by atoms with Crippen LogP contribution in [-0.4, -0.2) is 29.1 Å². The van der Waals surface area contributed by atoms with Crippen molar-refractivity contribution in [3.63, 3.8) is 0 Å². The van der Waals surface area contributed by atoms with E-state index in [1.165, 1.54) is 24.3 Å². The summed E-state index contributed by atoms with van der Waals surface area (Å²) in [5.41, 5.74) is 0.612. The summed E-state index contributed by atoms with van der Waals surface area (Å²) < 4.78 is 25.6. The number of alkyl halides is 2. The zero-order valence-electron chi connectivity index (χ0n) is 9.77. The molecule has 1 atom stereocenters. The van der Waals surface area contributed by atoms with Crippen molar-refractivity contribution in [3.05, 3.63) is 39.9 Å². The normalized spacial score (nSPS) is 13.3. The van der Waals surface area contributed by atoms with Crippen molar-refractivity contribution in [1.82, 2.24) is 5.32 Å². The van der Waals surface area contributed by atoms with Crippen molar-refractivity contribution in [1.29, 1.82) is 0 Å². The van der Waals surface area contributed by atoms with Gasteiger partial charge in [-0.2, -0.15) is 0 Å². The van der Waals surface area contributed by atoms with Crippen molar-refractivity contribution in [2.24, 2.45) is 0 Å². The Bertz CT molecular complexity index is 409. The number of halogens is 2. The van der Waals surface area contributed by atoms with Crippen molar-refractivity contribution in [3.8, 4) is 0 Å². The predicted molar refractivity (Wildman–Crippen MR) is 61.5 cm³/mol. The fraction of sp³-hybridized carbons (Fsp3) is 0.455. The first-order valence-electron chi connectivity index (χ1n) is 5.32. The Labute approximate surface area is 103 Å². The molecule has 0 radical (unpaired) electrons. The van der Waals surface area contributed by atoms with E-state index in [0.717, 1.165) is 0 Å². The van der Waals surface area contributed by atoms with Crippen LogP contribution >= 0.6 is 0 Å². The third-order valence-corrected chi connectivity index (χ3v) is 2.50. The molecule has 0 aliphatic carbocycles. The van der Waals surface area contributed by atoms with Crippen LogP contribution in [0.15, 0.2) is 24.3 Å². The monoisotopic (exact) mass is 260 g/mol. The number of hydrogen-bond donors (Lipinski definition) is 2. The maximum Gasteiger partial charge on any atom is 0.282 e. The molecule has 18 heavy (non-hydrogen) atoms. The molecule has 1 aromatic carbocycles. The molecule has 0 bridgehead atoms. The number of hydrogen-bond acceptors (Lipinski definition) is 4. The van der Waals surface area contributed by atoms with E-state index in [4.69, 9.17) is 5.11 Å². The van der Waals surface area contributed by atoms with Gasteiger partial charge in [0.05, 0.1) is 11.5 Å². The van der Waals surface area contributed by atoms with E-state index < -0.39 is 24.0 Å². The van der Waals surface area contributed by atoms with Crippen LogP contribution in [0.25, 0.3) is 0 Å². The highest BCUT2D eigenvalue weighted by molar-refractivity contribution is 5.34. The van der Waals surface area contributed by atoms with E-state index in [9.17, 15) is 18.9 Å². The highest BCUT2D eigenvalue weighted by Crippen LogP contribution is 2.19. The van der Waals surface area contributed by atoms with Gasteiger partial charge >= 0.3 is 0 Å². The van der Waals surface area contributed by atoms with Gasteiger partial charge in [0, 0.05) is 18.2 Å². The van der Waals surface area contributed by atoms with Gasteiger partial charge in [0.1, 0.15) is 6.61 Å². The van der Waals surface area contributed by atoms with Gasteiger partial charge in [0.2, 0.25) is 0 Å². The fourth-order valence-corrected chi connectivity index (χ4v) is 1.36. The summed E-state index contributed by atoms with van der Waals surface area (Å²) in [6, 6.07) is 5.26. The molecule has 0 saturated carbocycles. The Hall–Kier alpha value is -1.60. The largest absolute Gasteiger partial charge is 0.390 e. The molecule has 5 nitrogen and oxygen atoms in total. The van der Waals surface area contributed by atoms with Crippen molar-refractivity contribution < 1.29 is 18.8 Å². The second-order valence-electron chi connectivity index (χ2n) is 3.97. The van der Waals surface area contributed by atoms with Gasteiger partial charge in [-0.05, 0) is 12.5 Å². The number of nitro benzene ring substituents is 1. The summed E-state index contributed by atoms with van der Waals surface area (Å²) in [5, 5.41) is 21.4. The quantitative estimate of drug-likeness (QED) is 0.604. The van der Waals surface area contributed by atoms with Crippen LogP contribution in [-0.2, 0) is 0 Å². The lowest BCUT2D eigenvalue weighted by atomic mass is 10.1. The summed E-state index contributed by atoms with van der Waals surface area (Å²) in [4.78, 5) is 9.92. The number of nitro groups is 1. The van der Waals surface area contributed by atoms with Crippen LogP contribution < -0.4 is 5.32 Å². The predicted octanol–water partition coefficient (Wildman–Crippen LogP) is 1.87. The maximum atomic E-state index is 12.8. The fourth-order valence-electron chi connectivity index (χ4n) is 1.36. The number of nitrogens with one attached hydrogen (secondary N) is 1. The smallest absolute Gasteiger partial charge is 0.282 e. The molecule has 0 aliphatic rings. The molecule has 0 spiro atoms. The van der Waals surface area contributed by atoms with Crippen LogP contribution in [0.1, 0.15) is 18.5 Å². The van der Waals surface area contributed by atoms with Crippen LogP contribution in [0.3, 0.4) is 0 Å². The van der Waals surface area contributed by atoms with Crippen LogP contribution in [0.2, 0.25) is 0 Å². The Morgan fingerprint density at radius 2 is 2.00 bits per heavy atom. The molecule has 0 saturated heterocycles. The van der Waals surface area contributed by atoms with Crippen molar-refractivity contribution >= 4 is 5.69 Å². The Kier molecular flexibility index (Phi) is 4.69. The minimum atomic E-state index is -3.17. The van der Waals surface area contributed by atoms with Gasteiger partial charge in [-0.25, -0.2) is 8.78 Å². The maximum absolute atomic E-state index is 12.8. The molecule has 0 heterocycles. The molecule has 0 amide bonds. The molecule has 1 rings (SSSR count). The summed E-state index contributed by atoms with van der Waals surface area (Å²) in [6.07, 6.45) is 0. The van der Waals surface area contributed by atoms with E-state index in [2.05, 4.69) is 5.32 Å². The third kappa shape index (κ3) is 4.01. The first-order valence-corrected chi connectivity index (χ1v) is 5.32. The number of nitrogens with zero attached hydrogens (tertiary/aromatic N) is 1. The second kappa shape index (κ2) is 5.83. The summed E-state index contributed by atoms with van der Waals surface area (Å²) in [7, 11) is 0. The first kappa shape index (κ1) is 14.5. The molecular formula is C11H14F2N2O3. The Morgan fingerprint density at radius 3 is 2.44 bits per heavy atom. The topological polar surface area (TPSA) is 75.4 Å². The highest BCUT2D eigenvalue weighted by Gasteiger charge is 2.27. The van der Waals surface area contributed by atoms with E-state index in [1.54, 1.807) is 6.92 Å². The number of aliphatic hydroxyl groups excluding tert-OH is 1. The molecule has 2 N–H and O–H groups in total. The molecule has 0 aromatic heterocycles. The Morgan fingerprint density at radius 1 is 1.44 bits per heavy atom. The number of benzene rings is 1. The van der Waals surface area contributed by atoms with Gasteiger partial charge in [-0.3, -0.25) is 10.1 Å². The average molecular weight is 260 g/mol. The van der Waals surface area contributed by atoms with Crippen molar-refractivity contribution in [2.75, 3.05) is 13.2 Å². The van der Waals surface area contributed by atoms with Gasteiger partial charge in [0.15, 0.2) is 0 Å². The summed E-state index contributed by atoms with van der Waals surface area (Å²) in [6.45, 7) is -0.205. The molecule has 0 fully saturated rings. The van der Waals surface area contributed by atoms with E-state index in [0.29, 0.717) is 5.56 Å². The molecule has 1 unspecified atom stereocenters. The van der Waals surface area contributed by atoms with Gasteiger partial charge < -0.3 is 10.4 Å². The van der Waals surface area contributed by atoms with Crippen molar-refractivity contribution in [2.45, 2.75) is 18.9 Å². The van der Waals surface area contributed by atoms with Gasteiger partial charge in [-0.1, -0.05) is 12.1 Å². The molecule has 7 heteroatoms. The van der Waals surface area contributed by atoms with Crippen LogP contribution in [0, 0.1) is 10.1 Å². The summed E-state index contributed by atoms with van der Waals surface area (Å²) in [5.74, 6) is -3.17. The van der Waals surface area contributed by atoms with Crippen LogP contribution in [0.4, 0.5) is 14.5 Å². The lowest BCUT2D eigenvalue weighted by Gasteiger charge is -2.18. The third-order valence-electron chi connectivity index (χ3n) is 2.50. The zero-order chi connectivity index (χ0) is 13.8. The number of aliphatic hydroxyl groups is 1. The number of rotatable bonds is 6. The SMILES string of the molecule is CC(NCC(F)(F)CO)c1ccc([N+](=O)[O-])cc1. The zero-order valence-corrected chi connectivity index (χ0v) is 9.77. The molecule has 1 aromatic rings. The molecule has 100 valence electrons. The van der Waals surface area contributed by atoms with E-state index in [-0.39, 0.29) is 11.7 Å². The minimum Gasteiger partial charge on any atom is -0.390 e. The lowest BCUT2D eigenvalue weighted by Crippen LogP contribution is -2.37. The van der Waals surface area contributed by atoms with E-state index >= 15 is 0 Å².